The fourth-order valence-electron chi connectivity index (χ4n) is 4.97. The third-order valence-electron chi connectivity index (χ3n) is 6.73. The Morgan fingerprint density at radius 3 is 2.44 bits per heavy atom. The van der Waals surface area contributed by atoms with Gasteiger partial charge in [-0.15, -0.1) is 0 Å². The number of carbonyl (C=O) groups excluding carboxylic acids is 2. The maximum Gasteiger partial charge on any atom is 0.336 e. The molecule has 0 bridgehead atoms. The van der Waals surface area contributed by atoms with Gasteiger partial charge in [0.2, 0.25) is 0 Å². The number of hydrogen-bond acceptors (Lipinski definition) is 6. The van der Waals surface area contributed by atoms with Crippen LogP contribution in [-0.4, -0.2) is 25.5 Å². The summed E-state index contributed by atoms with van der Waals surface area (Å²) in [7, 11) is 1.33. The summed E-state index contributed by atoms with van der Waals surface area (Å²) in [6.07, 6.45) is 0. The highest BCUT2D eigenvalue weighted by Gasteiger charge is 2.43. The van der Waals surface area contributed by atoms with Crippen molar-refractivity contribution in [3.05, 3.63) is 108 Å². The van der Waals surface area contributed by atoms with Crippen molar-refractivity contribution in [1.29, 1.82) is 0 Å². The predicted octanol–water partition coefficient (Wildman–Crippen LogP) is 7.48. The lowest BCUT2D eigenvalue weighted by atomic mass is 9.79. The van der Waals surface area contributed by atoms with Crippen LogP contribution in [0.1, 0.15) is 46.8 Å². The number of benzene rings is 3. The van der Waals surface area contributed by atoms with Crippen molar-refractivity contribution in [3.63, 3.8) is 0 Å². The molecular formula is C30H24BrCl2NO5. The van der Waals surface area contributed by atoms with E-state index in [-0.39, 0.29) is 12.4 Å². The Labute approximate surface area is 244 Å². The van der Waals surface area contributed by atoms with E-state index in [1.165, 1.54) is 7.11 Å². The SMILES string of the molecule is CCOc1cc([C@@H]2C(C(=O)OC)=C(C)NC3=C2C(=O)c2ccccc23)c(Br)cc1OCc1ccc(Cl)cc1Cl. The maximum absolute atomic E-state index is 13.7. The van der Waals surface area contributed by atoms with Gasteiger partial charge >= 0.3 is 5.97 Å². The lowest BCUT2D eigenvalue weighted by Crippen LogP contribution is -2.29. The molecule has 9 heteroatoms. The summed E-state index contributed by atoms with van der Waals surface area (Å²) in [6, 6.07) is 16.2. The zero-order valence-corrected chi connectivity index (χ0v) is 24.5. The van der Waals surface area contributed by atoms with Crippen LogP contribution in [-0.2, 0) is 16.1 Å². The quantitative estimate of drug-likeness (QED) is 0.274. The number of nitrogens with one attached hydrogen (secondary N) is 1. The number of halogens is 3. The molecule has 0 unspecified atom stereocenters. The van der Waals surface area contributed by atoms with Gasteiger partial charge in [-0.3, -0.25) is 4.79 Å². The Bertz CT molecular complexity index is 1580. The van der Waals surface area contributed by atoms with Gasteiger partial charge < -0.3 is 19.5 Å². The zero-order chi connectivity index (χ0) is 27.8. The molecule has 0 radical (unpaired) electrons. The summed E-state index contributed by atoms with van der Waals surface area (Å²) in [5.41, 5.74) is 4.94. The number of Topliss-reactive ketones (excluding diaryl/α,β-unsaturated/α-hetero) is 1. The minimum Gasteiger partial charge on any atom is -0.490 e. The molecule has 2 aliphatic rings. The average molecular weight is 629 g/mol. The molecule has 0 fully saturated rings. The summed E-state index contributed by atoms with van der Waals surface area (Å²) in [4.78, 5) is 26.8. The molecule has 0 amide bonds. The van der Waals surface area contributed by atoms with Crippen LogP contribution in [0.4, 0.5) is 0 Å². The first-order valence-electron chi connectivity index (χ1n) is 12.2. The molecule has 5 rings (SSSR count). The molecular weight excluding hydrogens is 605 g/mol. The normalized spacial score (nSPS) is 16.1. The van der Waals surface area contributed by atoms with Crippen LogP contribution in [0, 0.1) is 0 Å². The van der Waals surface area contributed by atoms with Gasteiger partial charge in [-0.2, -0.15) is 0 Å². The molecule has 3 aromatic rings. The van der Waals surface area contributed by atoms with Crippen LogP contribution in [0.15, 0.2) is 75.9 Å². The van der Waals surface area contributed by atoms with E-state index in [2.05, 4.69) is 21.2 Å². The van der Waals surface area contributed by atoms with Crippen LogP contribution in [0.2, 0.25) is 10.0 Å². The summed E-state index contributed by atoms with van der Waals surface area (Å²) in [6.45, 7) is 4.24. The number of fused-ring (bicyclic) bond motifs is 2. The minimum absolute atomic E-state index is 0.144. The van der Waals surface area contributed by atoms with Crippen LogP contribution in [0.25, 0.3) is 5.70 Å². The van der Waals surface area contributed by atoms with Crippen LogP contribution < -0.4 is 14.8 Å². The van der Waals surface area contributed by atoms with Crippen molar-refractivity contribution in [2.45, 2.75) is 26.4 Å². The Morgan fingerprint density at radius 1 is 1.03 bits per heavy atom. The molecule has 0 saturated heterocycles. The van der Waals surface area contributed by atoms with Crippen molar-refractivity contribution >= 4 is 56.6 Å². The second kappa shape index (κ2) is 11.1. The molecule has 3 aromatic carbocycles. The number of rotatable bonds is 7. The zero-order valence-electron chi connectivity index (χ0n) is 21.4. The molecule has 0 aromatic heterocycles. The first-order chi connectivity index (χ1) is 18.7. The third-order valence-corrected chi connectivity index (χ3v) is 8.00. The van der Waals surface area contributed by atoms with E-state index < -0.39 is 11.9 Å². The maximum atomic E-state index is 13.7. The summed E-state index contributed by atoms with van der Waals surface area (Å²) in [5.74, 6) is -0.436. The van der Waals surface area contributed by atoms with Crippen LogP contribution in [0.5, 0.6) is 11.5 Å². The van der Waals surface area contributed by atoms with Crippen molar-refractivity contribution in [3.8, 4) is 11.5 Å². The second-order valence-electron chi connectivity index (χ2n) is 9.03. The number of allylic oxidation sites excluding steroid dienone is 2. The van der Waals surface area contributed by atoms with Gasteiger partial charge in [0.1, 0.15) is 6.61 Å². The number of methoxy groups -OCH3 is 1. The van der Waals surface area contributed by atoms with E-state index in [0.717, 1.165) is 11.1 Å². The van der Waals surface area contributed by atoms with Crippen LogP contribution >= 0.6 is 39.1 Å². The molecule has 1 aliphatic heterocycles. The lowest BCUT2D eigenvalue weighted by molar-refractivity contribution is -0.136. The predicted molar refractivity (Wildman–Crippen MR) is 154 cm³/mol. The van der Waals surface area contributed by atoms with Gasteiger partial charge in [0.15, 0.2) is 17.3 Å². The Kier molecular flexibility index (Phi) is 7.76. The topological polar surface area (TPSA) is 73.9 Å². The molecule has 1 N–H and O–H groups in total. The molecule has 1 heterocycles. The van der Waals surface area contributed by atoms with Crippen molar-refractivity contribution < 1.29 is 23.8 Å². The van der Waals surface area contributed by atoms with Gasteiger partial charge in [-0.25, -0.2) is 4.79 Å². The highest BCUT2D eigenvalue weighted by molar-refractivity contribution is 9.10. The highest BCUT2D eigenvalue weighted by Crippen LogP contribution is 2.50. The number of dihydropyridines is 1. The van der Waals surface area contributed by atoms with Gasteiger partial charge in [-0.1, -0.05) is 69.5 Å². The van der Waals surface area contributed by atoms with Gasteiger partial charge in [0.25, 0.3) is 0 Å². The molecule has 0 spiro atoms. The van der Waals surface area contributed by atoms with Gasteiger partial charge in [0, 0.05) is 42.5 Å². The monoisotopic (exact) mass is 627 g/mol. The third kappa shape index (κ3) is 4.95. The number of hydrogen-bond donors (Lipinski definition) is 1. The van der Waals surface area contributed by atoms with Crippen molar-refractivity contribution in [2.75, 3.05) is 13.7 Å². The van der Waals surface area contributed by atoms with E-state index in [4.69, 9.17) is 37.4 Å². The van der Waals surface area contributed by atoms with E-state index in [1.807, 2.05) is 25.1 Å². The molecule has 6 nitrogen and oxygen atoms in total. The van der Waals surface area contributed by atoms with Gasteiger partial charge in [-0.05, 0) is 43.7 Å². The summed E-state index contributed by atoms with van der Waals surface area (Å²) in [5, 5.41) is 4.32. The second-order valence-corrected chi connectivity index (χ2v) is 10.7. The molecule has 200 valence electrons. The number of carbonyl (C=O) groups is 2. The summed E-state index contributed by atoms with van der Waals surface area (Å²) >= 11 is 16.0. The lowest BCUT2D eigenvalue weighted by Gasteiger charge is -2.30. The highest BCUT2D eigenvalue weighted by atomic mass is 79.9. The largest absolute Gasteiger partial charge is 0.490 e. The standard InChI is InChI=1S/C30H24BrCl2NO5/c1-4-38-23-12-20(21(31)13-24(23)39-14-16-9-10-17(32)11-22(16)33)26-25(30(36)37-3)15(2)34-28-18-7-5-6-8-19(18)29(35)27(26)28/h5-13,26,34H,4,14H2,1-3H3/t26-/m1/s1. The molecule has 1 aliphatic carbocycles. The Hall–Kier alpha value is -3.26. The van der Waals surface area contributed by atoms with E-state index >= 15 is 0 Å². The van der Waals surface area contributed by atoms with E-state index in [1.54, 1.807) is 43.3 Å². The number of esters is 1. The van der Waals surface area contributed by atoms with E-state index in [9.17, 15) is 9.59 Å². The molecule has 39 heavy (non-hydrogen) atoms. The first-order valence-corrected chi connectivity index (χ1v) is 13.8. The number of ether oxygens (including phenoxy) is 3. The Balaban J connectivity index is 1.61. The average Bonchev–Trinajstić information content (AvgIpc) is 3.19. The smallest absolute Gasteiger partial charge is 0.336 e. The van der Waals surface area contributed by atoms with Crippen LogP contribution in [0.3, 0.4) is 0 Å². The van der Waals surface area contributed by atoms with Crippen molar-refractivity contribution in [2.24, 2.45) is 0 Å². The fraction of sp³-hybridized carbons (Fsp3) is 0.200. The Morgan fingerprint density at radius 2 is 1.74 bits per heavy atom. The van der Waals surface area contributed by atoms with Crippen molar-refractivity contribution in [1.82, 2.24) is 5.32 Å². The van der Waals surface area contributed by atoms with E-state index in [0.29, 0.717) is 66.3 Å². The van der Waals surface area contributed by atoms with Gasteiger partial charge in [0.05, 0.1) is 30.9 Å². The number of ketones is 1. The first kappa shape index (κ1) is 27.3. The minimum atomic E-state index is -0.707. The fourth-order valence-corrected chi connectivity index (χ4v) is 5.98. The molecule has 0 saturated carbocycles. The molecule has 1 atom stereocenters. The summed E-state index contributed by atoms with van der Waals surface area (Å²) < 4.78 is 17.9.